The molecule has 0 saturated carbocycles. The Bertz CT molecular complexity index is 366. The second kappa shape index (κ2) is 7.06. The number of aromatic nitrogens is 2. The summed E-state index contributed by atoms with van der Waals surface area (Å²) in [5, 5.41) is 4.44. The van der Waals surface area contributed by atoms with E-state index in [1.54, 1.807) is 0 Å². The summed E-state index contributed by atoms with van der Waals surface area (Å²) in [7, 11) is 0. The lowest BCUT2D eigenvalue weighted by molar-refractivity contribution is 0.134. The van der Waals surface area contributed by atoms with Gasteiger partial charge in [0.1, 0.15) is 0 Å². The molecule has 0 aliphatic carbocycles. The van der Waals surface area contributed by atoms with E-state index in [9.17, 15) is 0 Å². The van der Waals surface area contributed by atoms with Crippen LogP contribution in [0.25, 0.3) is 0 Å². The van der Waals surface area contributed by atoms with E-state index >= 15 is 0 Å². The Morgan fingerprint density at radius 3 is 2.68 bits per heavy atom. The molecular weight excluding hydrogens is 236 g/mol. The van der Waals surface area contributed by atoms with Crippen LogP contribution in [0.3, 0.4) is 0 Å². The number of nitrogens with zero attached hydrogens (tertiary/aromatic N) is 3. The third-order valence-corrected chi connectivity index (χ3v) is 4.38. The first-order chi connectivity index (χ1) is 9.28. The summed E-state index contributed by atoms with van der Waals surface area (Å²) in [6, 6.07) is 0.350. The maximum Gasteiger partial charge on any atom is 0.0538 e. The number of hydrogen-bond donors (Lipinski definition) is 1. The fourth-order valence-corrected chi connectivity index (χ4v) is 3.07. The lowest BCUT2D eigenvalue weighted by atomic mass is 9.93. The van der Waals surface area contributed by atoms with E-state index < -0.39 is 0 Å². The summed E-state index contributed by atoms with van der Waals surface area (Å²) in [5.74, 6) is 0.914. The zero-order chi connectivity index (χ0) is 13.7. The SMILES string of the molecule is CCCn1cc(C(CN)N2CCC(CC)CC2)cn1. The summed E-state index contributed by atoms with van der Waals surface area (Å²) in [4.78, 5) is 2.54. The molecule has 1 aromatic rings. The molecule has 1 aromatic heterocycles. The Kier molecular flexibility index (Phi) is 5.40. The van der Waals surface area contributed by atoms with Crippen LogP contribution < -0.4 is 5.73 Å². The highest BCUT2D eigenvalue weighted by molar-refractivity contribution is 5.11. The van der Waals surface area contributed by atoms with Crippen molar-refractivity contribution in [3.63, 3.8) is 0 Å². The predicted octanol–water partition coefficient (Wildman–Crippen LogP) is 2.41. The van der Waals surface area contributed by atoms with E-state index in [0.29, 0.717) is 12.6 Å². The predicted molar refractivity (Wildman–Crippen MR) is 78.9 cm³/mol. The van der Waals surface area contributed by atoms with Gasteiger partial charge in [0.2, 0.25) is 0 Å². The van der Waals surface area contributed by atoms with Crippen molar-refractivity contribution >= 4 is 0 Å². The van der Waals surface area contributed by atoms with E-state index in [1.807, 2.05) is 10.9 Å². The summed E-state index contributed by atoms with van der Waals surface area (Å²) in [6.07, 6.45) is 9.24. The largest absolute Gasteiger partial charge is 0.329 e. The minimum absolute atomic E-state index is 0.350. The van der Waals surface area contributed by atoms with Crippen LogP contribution in [0.4, 0.5) is 0 Å². The van der Waals surface area contributed by atoms with Gasteiger partial charge in [0.15, 0.2) is 0 Å². The molecular formula is C15H28N4. The Balaban J connectivity index is 1.99. The van der Waals surface area contributed by atoms with E-state index in [-0.39, 0.29) is 0 Å². The molecule has 0 aromatic carbocycles. The number of likely N-dealkylation sites (tertiary alicyclic amines) is 1. The lowest BCUT2D eigenvalue weighted by Crippen LogP contribution is -2.39. The molecule has 1 aliphatic heterocycles. The number of nitrogens with two attached hydrogens (primary N) is 1. The Morgan fingerprint density at radius 2 is 2.11 bits per heavy atom. The molecule has 0 spiro atoms. The van der Waals surface area contributed by atoms with Crippen LogP contribution >= 0.6 is 0 Å². The van der Waals surface area contributed by atoms with Gasteiger partial charge in [0, 0.05) is 24.8 Å². The average Bonchev–Trinajstić information content (AvgIpc) is 2.89. The van der Waals surface area contributed by atoms with Gasteiger partial charge in [-0.05, 0) is 38.3 Å². The molecule has 108 valence electrons. The van der Waals surface area contributed by atoms with Crippen molar-refractivity contribution in [1.82, 2.24) is 14.7 Å². The van der Waals surface area contributed by atoms with Gasteiger partial charge >= 0.3 is 0 Å². The molecule has 1 fully saturated rings. The molecule has 4 heteroatoms. The zero-order valence-corrected chi connectivity index (χ0v) is 12.4. The quantitative estimate of drug-likeness (QED) is 0.858. The molecule has 2 heterocycles. The van der Waals surface area contributed by atoms with Crippen LogP contribution in [0.1, 0.15) is 51.1 Å². The smallest absolute Gasteiger partial charge is 0.0538 e. The van der Waals surface area contributed by atoms with Crippen molar-refractivity contribution in [1.29, 1.82) is 0 Å². The number of aryl methyl sites for hydroxylation is 1. The molecule has 1 unspecified atom stereocenters. The molecule has 1 atom stereocenters. The Morgan fingerprint density at radius 1 is 1.37 bits per heavy atom. The van der Waals surface area contributed by atoms with Crippen LogP contribution in [0.2, 0.25) is 0 Å². The van der Waals surface area contributed by atoms with Gasteiger partial charge in [-0.3, -0.25) is 9.58 Å². The molecule has 4 nitrogen and oxygen atoms in total. The van der Waals surface area contributed by atoms with Crippen molar-refractivity contribution in [2.24, 2.45) is 11.7 Å². The van der Waals surface area contributed by atoms with E-state index in [0.717, 1.165) is 18.9 Å². The van der Waals surface area contributed by atoms with Crippen molar-refractivity contribution in [2.45, 2.75) is 52.1 Å². The molecule has 19 heavy (non-hydrogen) atoms. The standard InChI is InChI=1S/C15H28N4/c1-3-7-19-12-14(11-17-19)15(10-16)18-8-5-13(4-2)6-9-18/h11-13,15H,3-10,16H2,1-2H3. The molecule has 0 bridgehead atoms. The fraction of sp³-hybridized carbons (Fsp3) is 0.800. The first kappa shape index (κ1) is 14.5. The summed E-state index contributed by atoms with van der Waals surface area (Å²) in [6.45, 7) is 8.52. The van der Waals surface area contributed by atoms with E-state index in [1.165, 1.54) is 37.9 Å². The molecule has 1 aliphatic rings. The monoisotopic (exact) mass is 264 g/mol. The van der Waals surface area contributed by atoms with Crippen molar-refractivity contribution < 1.29 is 0 Å². The molecule has 0 radical (unpaired) electrons. The van der Waals surface area contributed by atoms with E-state index in [2.05, 4.69) is 30.0 Å². The molecule has 2 rings (SSSR count). The van der Waals surface area contributed by atoms with E-state index in [4.69, 9.17) is 5.73 Å². The van der Waals surface area contributed by atoms with Crippen LogP contribution in [0.15, 0.2) is 12.4 Å². The second-order valence-corrected chi connectivity index (χ2v) is 5.68. The van der Waals surface area contributed by atoms with Crippen LogP contribution in [-0.2, 0) is 6.54 Å². The third kappa shape index (κ3) is 3.57. The second-order valence-electron chi connectivity index (χ2n) is 5.68. The minimum Gasteiger partial charge on any atom is -0.329 e. The number of rotatable bonds is 6. The Hall–Kier alpha value is -0.870. The van der Waals surface area contributed by atoms with Gasteiger partial charge in [-0.15, -0.1) is 0 Å². The number of piperidine rings is 1. The maximum absolute atomic E-state index is 6.01. The summed E-state index contributed by atoms with van der Waals surface area (Å²) < 4.78 is 2.04. The van der Waals surface area contributed by atoms with Crippen molar-refractivity contribution in [3.05, 3.63) is 18.0 Å². The summed E-state index contributed by atoms with van der Waals surface area (Å²) in [5.41, 5.74) is 7.29. The van der Waals surface area contributed by atoms with Crippen molar-refractivity contribution in [2.75, 3.05) is 19.6 Å². The van der Waals surface area contributed by atoms with Gasteiger partial charge in [-0.2, -0.15) is 5.10 Å². The average molecular weight is 264 g/mol. The van der Waals surface area contributed by atoms with Gasteiger partial charge < -0.3 is 5.73 Å². The third-order valence-electron chi connectivity index (χ3n) is 4.38. The first-order valence-electron chi connectivity index (χ1n) is 7.74. The molecule has 0 amide bonds. The highest BCUT2D eigenvalue weighted by atomic mass is 15.3. The van der Waals surface area contributed by atoms with Gasteiger partial charge in [0.05, 0.1) is 12.2 Å². The Labute approximate surface area is 117 Å². The maximum atomic E-state index is 6.01. The van der Waals surface area contributed by atoms with Crippen LogP contribution in [-0.4, -0.2) is 34.3 Å². The highest BCUT2D eigenvalue weighted by Gasteiger charge is 2.25. The minimum atomic E-state index is 0.350. The number of hydrogen-bond acceptors (Lipinski definition) is 3. The van der Waals surface area contributed by atoms with Crippen molar-refractivity contribution in [3.8, 4) is 0 Å². The first-order valence-corrected chi connectivity index (χ1v) is 7.74. The van der Waals surface area contributed by atoms with Crippen LogP contribution in [0, 0.1) is 5.92 Å². The lowest BCUT2D eigenvalue weighted by Gasteiger charge is -2.36. The fourth-order valence-electron chi connectivity index (χ4n) is 3.07. The van der Waals surface area contributed by atoms with Crippen LogP contribution in [0.5, 0.6) is 0 Å². The van der Waals surface area contributed by atoms with Gasteiger partial charge in [-0.1, -0.05) is 20.3 Å². The normalized spacial score (nSPS) is 19.7. The topological polar surface area (TPSA) is 47.1 Å². The molecule has 1 saturated heterocycles. The van der Waals surface area contributed by atoms with Gasteiger partial charge in [-0.25, -0.2) is 0 Å². The molecule has 2 N–H and O–H groups in total. The van der Waals surface area contributed by atoms with Gasteiger partial charge in [0.25, 0.3) is 0 Å². The summed E-state index contributed by atoms with van der Waals surface area (Å²) >= 11 is 0. The highest BCUT2D eigenvalue weighted by Crippen LogP contribution is 2.27. The zero-order valence-electron chi connectivity index (χ0n) is 12.4.